The second-order valence-corrected chi connectivity index (χ2v) is 8.43. The number of rotatable bonds is 4. The molecule has 33 heavy (non-hydrogen) atoms. The van der Waals surface area contributed by atoms with Crippen LogP contribution in [0.15, 0.2) is 84.3 Å². The van der Waals surface area contributed by atoms with Crippen LogP contribution >= 0.6 is 11.3 Å². The number of thiophene rings is 1. The molecule has 2 N–H and O–H groups in total. The molecule has 1 atom stereocenters. The topological polar surface area (TPSA) is 94.6 Å². The Morgan fingerprint density at radius 3 is 2.52 bits per heavy atom. The van der Waals surface area contributed by atoms with E-state index in [2.05, 4.69) is 6.07 Å². The van der Waals surface area contributed by atoms with Crippen LogP contribution in [-0.4, -0.2) is 13.1 Å². The Morgan fingerprint density at radius 1 is 1.03 bits per heavy atom. The van der Waals surface area contributed by atoms with Gasteiger partial charge in [-0.3, -0.25) is 0 Å². The monoisotopic (exact) mass is 454 g/mol. The van der Waals surface area contributed by atoms with Crippen molar-refractivity contribution >= 4 is 27.4 Å². The van der Waals surface area contributed by atoms with Crippen molar-refractivity contribution in [1.82, 2.24) is 0 Å². The first-order valence-corrected chi connectivity index (χ1v) is 11.0. The molecule has 1 aromatic heterocycles. The molecule has 0 amide bonds. The van der Waals surface area contributed by atoms with Crippen molar-refractivity contribution in [2.24, 2.45) is 5.73 Å². The summed E-state index contributed by atoms with van der Waals surface area (Å²) in [7, 11) is 1.50. The molecule has 0 bridgehead atoms. The van der Waals surface area contributed by atoms with Gasteiger partial charge in [-0.05, 0) is 30.3 Å². The molecule has 6 nitrogen and oxygen atoms in total. The molecule has 7 heteroatoms. The maximum absolute atomic E-state index is 13.0. The van der Waals surface area contributed by atoms with Crippen LogP contribution in [0.1, 0.15) is 26.7 Å². The lowest BCUT2D eigenvalue weighted by atomic mass is 9.87. The van der Waals surface area contributed by atoms with Crippen molar-refractivity contribution in [1.29, 1.82) is 5.26 Å². The van der Waals surface area contributed by atoms with Gasteiger partial charge in [-0.2, -0.15) is 5.26 Å². The molecule has 0 unspecified atom stereocenters. The average molecular weight is 455 g/mol. The first-order chi connectivity index (χ1) is 16.1. The Bertz CT molecular complexity index is 1460. The molecule has 4 aromatic rings. The Kier molecular flexibility index (Phi) is 5.21. The van der Waals surface area contributed by atoms with Gasteiger partial charge in [-0.1, -0.05) is 42.5 Å². The van der Waals surface area contributed by atoms with Crippen LogP contribution in [0.25, 0.3) is 10.1 Å². The van der Waals surface area contributed by atoms with Gasteiger partial charge in [-0.15, -0.1) is 11.3 Å². The number of nitriles is 1. The summed E-state index contributed by atoms with van der Waals surface area (Å²) in [5.74, 6) is 0.341. The van der Waals surface area contributed by atoms with Crippen LogP contribution in [-0.2, 0) is 0 Å². The van der Waals surface area contributed by atoms with Crippen molar-refractivity contribution in [3.8, 4) is 23.3 Å². The van der Waals surface area contributed by atoms with E-state index < -0.39 is 11.9 Å². The molecule has 0 fully saturated rings. The molecular formula is C26H18N2O4S. The standard InChI is InChI=1S/C26H18N2O4S/c1-30-19-11-5-3-9-16(19)26(29)31-20-12-6-2-8-15(20)22-18(14-27)25(28)32-23-17-10-4-7-13-21(17)33-24(22)23/h2-13,22H,28H2,1H3/t22-/m0/s1. The van der Waals surface area contributed by atoms with Gasteiger partial charge < -0.3 is 19.9 Å². The lowest BCUT2D eigenvalue weighted by Gasteiger charge is -2.25. The number of esters is 1. The largest absolute Gasteiger partial charge is 0.496 e. The van der Waals surface area contributed by atoms with Gasteiger partial charge in [0.2, 0.25) is 5.88 Å². The normalized spacial score (nSPS) is 14.8. The zero-order valence-corrected chi connectivity index (χ0v) is 18.4. The summed E-state index contributed by atoms with van der Waals surface area (Å²) >= 11 is 1.53. The number of ether oxygens (including phenoxy) is 3. The zero-order valence-electron chi connectivity index (χ0n) is 17.6. The number of hydrogen-bond donors (Lipinski definition) is 1. The second-order valence-electron chi connectivity index (χ2n) is 7.34. The fourth-order valence-electron chi connectivity index (χ4n) is 3.97. The lowest BCUT2D eigenvalue weighted by molar-refractivity contribution is 0.0729. The summed E-state index contributed by atoms with van der Waals surface area (Å²) in [5, 5.41) is 10.8. The fourth-order valence-corrected chi connectivity index (χ4v) is 5.23. The Balaban J connectivity index is 1.63. The maximum atomic E-state index is 13.0. The molecule has 0 radical (unpaired) electrons. The summed E-state index contributed by atoms with van der Waals surface area (Å²) in [5.41, 5.74) is 7.41. The molecule has 3 aromatic carbocycles. The van der Waals surface area contributed by atoms with Crippen LogP contribution in [0.4, 0.5) is 0 Å². The highest BCUT2D eigenvalue weighted by molar-refractivity contribution is 7.19. The van der Waals surface area contributed by atoms with E-state index in [0.29, 0.717) is 28.4 Å². The van der Waals surface area contributed by atoms with Crippen molar-refractivity contribution in [2.75, 3.05) is 7.11 Å². The fraction of sp³-hybridized carbons (Fsp3) is 0.0769. The highest BCUT2D eigenvalue weighted by Crippen LogP contribution is 2.51. The number of fused-ring (bicyclic) bond motifs is 3. The number of hydrogen-bond acceptors (Lipinski definition) is 7. The Morgan fingerprint density at radius 2 is 1.73 bits per heavy atom. The maximum Gasteiger partial charge on any atom is 0.347 e. The van der Waals surface area contributed by atoms with Crippen molar-refractivity contribution in [2.45, 2.75) is 5.92 Å². The molecule has 0 saturated heterocycles. The molecule has 0 aliphatic carbocycles. The number of carbonyl (C=O) groups excluding carboxylic acids is 1. The van der Waals surface area contributed by atoms with E-state index in [4.69, 9.17) is 19.9 Å². The third-order valence-electron chi connectivity index (χ3n) is 5.48. The minimum atomic E-state index is -0.556. The van der Waals surface area contributed by atoms with E-state index in [1.54, 1.807) is 36.4 Å². The highest BCUT2D eigenvalue weighted by atomic mass is 32.1. The average Bonchev–Trinajstić information content (AvgIpc) is 3.21. The number of benzene rings is 3. The second kappa shape index (κ2) is 8.34. The Hall–Kier alpha value is -4.28. The van der Waals surface area contributed by atoms with Crippen LogP contribution < -0.4 is 19.9 Å². The van der Waals surface area contributed by atoms with Crippen molar-refractivity contribution in [3.05, 3.63) is 100 Å². The molecule has 5 rings (SSSR count). The van der Waals surface area contributed by atoms with Gasteiger partial charge in [-0.25, -0.2) is 4.79 Å². The van der Waals surface area contributed by atoms with Crippen LogP contribution in [0.3, 0.4) is 0 Å². The predicted molar refractivity (Wildman–Crippen MR) is 126 cm³/mol. The number of nitrogens with zero attached hydrogens (tertiary/aromatic N) is 1. The van der Waals surface area contributed by atoms with Crippen LogP contribution in [0, 0.1) is 11.3 Å². The third-order valence-corrected chi connectivity index (χ3v) is 6.70. The minimum Gasteiger partial charge on any atom is -0.496 e. The molecule has 2 heterocycles. The third kappa shape index (κ3) is 3.47. The predicted octanol–water partition coefficient (Wildman–Crippen LogP) is 5.35. The van der Waals surface area contributed by atoms with Gasteiger partial charge in [0.1, 0.15) is 28.7 Å². The summed E-state index contributed by atoms with van der Waals surface area (Å²) in [4.78, 5) is 13.8. The van der Waals surface area contributed by atoms with Gasteiger partial charge in [0.25, 0.3) is 0 Å². The number of methoxy groups -OCH3 is 1. The van der Waals surface area contributed by atoms with Gasteiger partial charge >= 0.3 is 5.97 Å². The van der Waals surface area contributed by atoms with E-state index in [9.17, 15) is 10.1 Å². The molecule has 1 aliphatic rings. The summed E-state index contributed by atoms with van der Waals surface area (Å²) in [6, 6.07) is 24.0. The first kappa shape index (κ1) is 20.6. The van der Waals surface area contributed by atoms with Gasteiger partial charge in [0, 0.05) is 15.6 Å². The SMILES string of the molecule is COc1ccccc1C(=O)Oc1ccccc1[C@H]1C(C#N)=C(N)Oc2c1sc1ccccc21. The summed E-state index contributed by atoms with van der Waals surface area (Å²) in [6.07, 6.45) is 0. The Labute approximate surface area is 194 Å². The number of carbonyl (C=O) groups is 1. The lowest BCUT2D eigenvalue weighted by Crippen LogP contribution is -2.20. The van der Waals surface area contributed by atoms with Crippen molar-refractivity contribution in [3.63, 3.8) is 0 Å². The van der Waals surface area contributed by atoms with Gasteiger partial charge in [0.15, 0.2) is 5.75 Å². The van der Waals surface area contributed by atoms with E-state index >= 15 is 0 Å². The number of allylic oxidation sites excluding steroid dienone is 1. The first-order valence-electron chi connectivity index (χ1n) is 10.2. The highest BCUT2D eigenvalue weighted by Gasteiger charge is 2.35. The number of nitrogens with two attached hydrogens (primary N) is 1. The summed E-state index contributed by atoms with van der Waals surface area (Å²) in [6.45, 7) is 0. The zero-order chi connectivity index (χ0) is 22.9. The molecule has 0 spiro atoms. The minimum absolute atomic E-state index is 0.0458. The molecule has 1 aliphatic heterocycles. The molecule has 162 valence electrons. The summed E-state index contributed by atoms with van der Waals surface area (Å²) < 4.78 is 18.0. The molecular weight excluding hydrogens is 436 g/mol. The van der Waals surface area contributed by atoms with E-state index in [1.165, 1.54) is 18.4 Å². The smallest absolute Gasteiger partial charge is 0.347 e. The van der Waals surface area contributed by atoms with Gasteiger partial charge in [0.05, 0.1) is 17.9 Å². The van der Waals surface area contributed by atoms with E-state index in [0.717, 1.165) is 15.0 Å². The van der Waals surface area contributed by atoms with E-state index in [1.807, 2.05) is 36.4 Å². The molecule has 0 saturated carbocycles. The quantitative estimate of drug-likeness (QED) is 0.330. The van der Waals surface area contributed by atoms with E-state index in [-0.39, 0.29) is 11.5 Å². The van der Waals surface area contributed by atoms with Crippen LogP contribution in [0.2, 0.25) is 0 Å². The number of para-hydroxylation sites is 2. The van der Waals surface area contributed by atoms with Crippen LogP contribution in [0.5, 0.6) is 17.2 Å². The van der Waals surface area contributed by atoms with Crippen molar-refractivity contribution < 1.29 is 19.0 Å².